The monoisotopic (exact) mass is 334 g/mol. The van der Waals surface area contributed by atoms with Gasteiger partial charge in [0.2, 0.25) is 0 Å². The molecule has 0 radical (unpaired) electrons. The van der Waals surface area contributed by atoms with Gasteiger partial charge in [-0.2, -0.15) is 20.2 Å². The van der Waals surface area contributed by atoms with Crippen molar-refractivity contribution in [1.29, 1.82) is 0 Å². The summed E-state index contributed by atoms with van der Waals surface area (Å²) in [5.41, 5.74) is -0.153. The molecule has 0 spiro atoms. The summed E-state index contributed by atoms with van der Waals surface area (Å²) in [5.74, 6) is 1.03. The molecule has 9 heteroatoms. The van der Waals surface area contributed by atoms with E-state index >= 15 is 0 Å². The normalized spacial score (nSPS) is 18.3. The number of hydrogen-bond donors (Lipinski definition) is 0. The van der Waals surface area contributed by atoms with Crippen LogP contribution in [0.5, 0.6) is 5.75 Å². The molecule has 2 heterocycles. The molecule has 1 aromatic heterocycles. The molecule has 1 amide bonds. The molecular formula is C12H15FN2O4S2. The second kappa shape index (κ2) is 5.80. The Hall–Kier alpha value is -1.35. The minimum atomic E-state index is -5.14. The maximum atomic E-state index is 12.5. The lowest BCUT2D eigenvalue weighted by atomic mass is 10.0. The Morgan fingerprint density at radius 3 is 2.81 bits per heavy atom. The zero-order chi connectivity index (χ0) is 15.7. The zero-order valence-electron chi connectivity index (χ0n) is 11.6. The van der Waals surface area contributed by atoms with Crippen molar-refractivity contribution in [2.45, 2.75) is 19.4 Å². The predicted molar refractivity (Wildman–Crippen MR) is 77.3 cm³/mol. The van der Waals surface area contributed by atoms with Crippen LogP contribution in [0.1, 0.15) is 24.2 Å². The number of rotatable bonds is 3. The smallest absolute Gasteiger partial charge is 0.357 e. The van der Waals surface area contributed by atoms with Crippen molar-refractivity contribution >= 4 is 28.2 Å². The van der Waals surface area contributed by atoms with Crippen LogP contribution in [0.25, 0.3) is 0 Å². The molecule has 0 atom stereocenters. The van der Waals surface area contributed by atoms with E-state index in [1.165, 1.54) is 12.3 Å². The lowest BCUT2D eigenvalue weighted by Gasteiger charge is -2.42. The Morgan fingerprint density at radius 1 is 1.48 bits per heavy atom. The molecule has 0 N–H and O–H groups in total. The van der Waals surface area contributed by atoms with E-state index in [1.807, 2.05) is 13.8 Å². The summed E-state index contributed by atoms with van der Waals surface area (Å²) in [4.78, 5) is 17.9. The van der Waals surface area contributed by atoms with Gasteiger partial charge in [-0.15, -0.1) is 0 Å². The summed E-state index contributed by atoms with van der Waals surface area (Å²) in [6.45, 7) is 4.50. The molecular weight excluding hydrogens is 319 g/mol. The lowest BCUT2D eigenvalue weighted by Crippen LogP contribution is -2.53. The van der Waals surface area contributed by atoms with Crippen LogP contribution in [0.3, 0.4) is 0 Å². The molecule has 0 aromatic carbocycles. The Labute approximate surface area is 127 Å². The first-order chi connectivity index (χ1) is 9.69. The number of nitrogens with zero attached hydrogens (tertiary/aromatic N) is 2. The molecule has 0 unspecified atom stereocenters. The molecule has 0 saturated carbocycles. The minimum Gasteiger partial charge on any atom is -0.357 e. The second-order valence-electron chi connectivity index (χ2n) is 5.21. The summed E-state index contributed by atoms with van der Waals surface area (Å²) in [6, 6.07) is 1.17. The largest absolute Gasteiger partial charge is 0.488 e. The van der Waals surface area contributed by atoms with Crippen LogP contribution in [0.2, 0.25) is 0 Å². The maximum Gasteiger partial charge on any atom is 0.488 e. The average molecular weight is 334 g/mol. The first-order valence-corrected chi connectivity index (χ1v) is 8.64. The van der Waals surface area contributed by atoms with Gasteiger partial charge in [0.15, 0.2) is 5.75 Å². The van der Waals surface area contributed by atoms with Gasteiger partial charge in [0.25, 0.3) is 5.91 Å². The number of halogens is 1. The zero-order valence-corrected chi connectivity index (χ0v) is 13.2. The molecule has 1 aromatic rings. The Morgan fingerprint density at radius 2 is 2.19 bits per heavy atom. The first-order valence-electron chi connectivity index (χ1n) is 6.18. The summed E-state index contributed by atoms with van der Waals surface area (Å²) >= 11 is 1.77. The van der Waals surface area contributed by atoms with Crippen molar-refractivity contribution in [2.24, 2.45) is 0 Å². The van der Waals surface area contributed by atoms with Crippen molar-refractivity contribution in [3.05, 3.63) is 24.0 Å². The van der Waals surface area contributed by atoms with Gasteiger partial charge in [-0.25, -0.2) is 0 Å². The van der Waals surface area contributed by atoms with Gasteiger partial charge in [-0.05, 0) is 19.9 Å². The SMILES string of the molecule is CC1(C)CSCCN1C(=O)c1cncc(OS(=O)(=O)F)c1. The van der Waals surface area contributed by atoms with Crippen LogP contribution in [0.4, 0.5) is 3.89 Å². The summed E-state index contributed by atoms with van der Waals surface area (Å²) < 4.78 is 37.6. The van der Waals surface area contributed by atoms with Gasteiger partial charge >= 0.3 is 10.5 Å². The fourth-order valence-electron chi connectivity index (χ4n) is 2.09. The molecule has 1 aliphatic heterocycles. The van der Waals surface area contributed by atoms with Crippen molar-refractivity contribution < 1.29 is 21.3 Å². The molecule has 1 saturated heterocycles. The van der Waals surface area contributed by atoms with E-state index in [9.17, 15) is 17.1 Å². The molecule has 1 aliphatic rings. The second-order valence-corrected chi connectivity index (χ2v) is 7.27. The fourth-order valence-corrected chi connectivity index (χ4v) is 3.52. The van der Waals surface area contributed by atoms with Crippen molar-refractivity contribution in [3.63, 3.8) is 0 Å². The molecule has 116 valence electrons. The van der Waals surface area contributed by atoms with Crippen LogP contribution in [0, 0.1) is 0 Å². The van der Waals surface area contributed by atoms with Gasteiger partial charge in [0, 0.05) is 29.8 Å². The number of carbonyl (C=O) groups excluding carboxylic acids is 1. The van der Waals surface area contributed by atoms with Crippen molar-refractivity contribution in [2.75, 3.05) is 18.1 Å². The fraction of sp³-hybridized carbons (Fsp3) is 0.500. The summed E-state index contributed by atoms with van der Waals surface area (Å²) in [5, 5.41) is 0. The summed E-state index contributed by atoms with van der Waals surface area (Å²) in [6.07, 6.45) is 2.34. The number of hydrogen-bond acceptors (Lipinski definition) is 6. The van der Waals surface area contributed by atoms with E-state index in [1.54, 1.807) is 16.7 Å². The molecule has 1 fully saturated rings. The maximum absolute atomic E-state index is 12.5. The van der Waals surface area contributed by atoms with E-state index in [4.69, 9.17) is 0 Å². The predicted octanol–water partition coefficient (Wildman–Crippen LogP) is 1.64. The van der Waals surface area contributed by atoms with Gasteiger partial charge < -0.3 is 9.08 Å². The van der Waals surface area contributed by atoms with Crippen LogP contribution in [-0.4, -0.2) is 47.8 Å². The van der Waals surface area contributed by atoms with E-state index in [-0.39, 0.29) is 22.8 Å². The lowest BCUT2D eigenvalue weighted by molar-refractivity contribution is 0.0597. The van der Waals surface area contributed by atoms with Gasteiger partial charge in [-0.3, -0.25) is 9.78 Å². The van der Waals surface area contributed by atoms with E-state index < -0.39 is 10.5 Å². The van der Waals surface area contributed by atoms with Crippen molar-refractivity contribution in [1.82, 2.24) is 9.88 Å². The Bertz CT molecular complexity index is 648. The number of pyridine rings is 1. The quantitative estimate of drug-likeness (QED) is 0.782. The van der Waals surface area contributed by atoms with Crippen LogP contribution in [0.15, 0.2) is 18.5 Å². The number of amides is 1. The molecule has 6 nitrogen and oxygen atoms in total. The van der Waals surface area contributed by atoms with Gasteiger partial charge in [0.05, 0.1) is 11.8 Å². The van der Waals surface area contributed by atoms with E-state index in [0.717, 1.165) is 17.7 Å². The molecule has 0 aliphatic carbocycles. The molecule has 2 rings (SSSR count). The standard InChI is InChI=1S/C12H15FN2O4S2/c1-12(2)8-20-4-3-15(12)11(16)9-5-10(7-14-6-9)19-21(13,17)18/h5-7H,3-4,8H2,1-2H3. The van der Waals surface area contributed by atoms with E-state index in [0.29, 0.717) is 6.54 Å². The first kappa shape index (κ1) is 16.0. The summed E-state index contributed by atoms with van der Waals surface area (Å²) in [7, 11) is -5.14. The molecule has 21 heavy (non-hydrogen) atoms. The Balaban J connectivity index is 2.25. The highest BCUT2D eigenvalue weighted by Crippen LogP contribution is 2.28. The third kappa shape index (κ3) is 4.07. The van der Waals surface area contributed by atoms with Crippen LogP contribution >= 0.6 is 11.8 Å². The number of carbonyl (C=O) groups is 1. The molecule has 0 bridgehead atoms. The van der Waals surface area contributed by atoms with Gasteiger partial charge in [-0.1, -0.05) is 3.89 Å². The highest BCUT2D eigenvalue weighted by atomic mass is 32.3. The number of thioether (sulfide) groups is 1. The van der Waals surface area contributed by atoms with E-state index in [2.05, 4.69) is 9.17 Å². The van der Waals surface area contributed by atoms with Crippen molar-refractivity contribution in [3.8, 4) is 5.75 Å². The third-order valence-electron chi connectivity index (χ3n) is 3.05. The number of aromatic nitrogens is 1. The Kier molecular flexibility index (Phi) is 4.43. The average Bonchev–Trinajstić information content (AvgIpc) is 2.36. The van der Waals surface area contributed by atoms with Crippen LogP contribution < -0.4 is 4.18 Å². The van der Waals surface area contributed by atoms with Gasteiger partial charge in [0.1, 0.15) is 0 Å². The highest BCUT2D eigenvalue weighted by molar-refractivity contribution is 7.99. The third-order valence-corrected chi connectivity index (χ3v) is 4.82. The van der Waals surface area contributed by atoms with Crippen LogP contribution in [-0.2, 0) is 10.5 Å². The highest BCUT2D eigenvalue weighted by Gasteiger charge is 2.34. The minimum absolute atomic E-state index is 0.163. The topological polar surface area (TPSA) is 76.6 Å².